The summed E-state index contributed by atoms with van der Waals surface area (Å²) in [5.41, 5.74) is 1.83. The summed E-state index contributed by atoms with van der Waals surface area (Å²) in [5.74, 6) is 2.26. The number of nitrogens with one attached hydrogen (secondary N) is 1. The number of amides is 1. The highest BCUT2D eigenvalue weighted by Gasteiger charge is 2.29. The van der Waals surface area contributed by atoms with Crippen LogP contribution >= 0.6 is 0 Å². The van der Waals surface area contributed by atoms with E-state index in [2.05, 4.69) is 32.7 Å². The average Bonchev–Trinajstić information content (AvgIpc) is 3.34. The van der Waals surface area contributed by atoms with Crippen molar-refractivity contribution < 1.29 is 9.53 Å². The van der Waals surface area contributed by atoms with Crippen LogP contribution in [-0.2, 0) is 4.79 Å². The summed E-state index contributed by atoms with van der Waals surface area (Å²) >= 11 is 0. The second kappa shape index (κ2) is 7.84. The first-order valence-corrected chi connectivity index (χ1v) is 9.61. The van der Waals surface area contributed by atoms with E-state index in [1.165, 1.54) is 0 Å². The van der Waals surface area contributed by atoms with E-state index in [-0.39, 0.29) is 18.5 Å². The topological polar surface area (TPSA) is 84.6 Å². The van der Waals surface area contributed by atoms with Crippen LogP contribution in [0.2, 0.25) is 0 Å². The molecule has 1 aliphatic heterocycles. The predicted octanol–water partition coefficient (Wildman–Crippen LogP) is 2.61. The number of likely N-dealkylation sites (tertiary alicyclic amines) is 1. The third-order valence-corrected chi connectivity index (χ3v) is 4.99. The zero-order chi connectivity index (χ0) is 19.5. The van der Waals surface area contributed by atoms with E-state index in [1.807, 2.05) is 43.0 Å². The van der Waals surface area contributed by atoms with Gasteiger partial charge in [0.1, 0.15) is 11.6 Å². The van der Waals surface area contributed by atoms with Gasteiger partial charge in [-0.2, -0.15) is 4.52 Å². The van der Waals surface area contributed by atoms with Gasteiger partial charge in [-0.25, -0.2) is 0 Å². The Labute approximate surface area is 163 Å². The second-order valence-corrected chi connectivity index (χ2v) is 6.84. The van der Waals surface area contributed by atoms with Gasteiger partial charge in [0.05, 0.1) is 19.2 Å². The lowest BCUT2D eigenvalue weighted by atomic mass is 10.0. The quantitative estimate of drug-likeness (QED) is 0.708. The number of carbonyl (C=O) groups excluding carboxylic acids is 1. The number of benzene rings is 1. The molecule has 0 saturated carbocycles. The summed E-state index contributed by atoms with van der Waals surface area (Å²) < 4.78 is 7.17. The van der Waals surface area contributed by atoms with Crippen molar-refractivity contribution in [3.8, 4) is 5.75 Å². The number of hydrogen-bond acceptors (Lipinski definition) is 6. The molecule has 2 aromatic heterocycles. The molecule has 0 radical (unpaired) electrons. The van der Waals surface area contributed by atoms with Crippen LogP contribution in [0.15, 0.2) is 36.4 Å². The average molecular weight is 380 g/mol. The third kappa shape index (κ3) is 3.62. The number of fused-ring (bicyclic) bond motifs is 1. The summed E-state index contributed by atoms with van der Waals surface area (Å²) in [6.45, 7) is 5.43. The van der Waals surface area contributed by atoms with Gasteiger partial charge in [0.25, 0.3) is 0 Å². The predicted molar refractivity (Wildman–Crippen MR) is 105 cm³/mol. The molecule has 0 spiro atoms. The van der Waals surface area contributed by atoms with Gasteiger partial charge in [-0.15, -0.1) is 15.3 Å². The van der Waals surface area contributed by atoms with E-state index in [9.17, 15) is 4.79 Å². The number of ether oxygens (including phenoxy) is 1. The summed E-state index contributed by atoms with van der Waals surface area (Å²) in [4.78, 5) is 14.8. The van der Waals surface area contributed by atoms with Crippen LogP contribution in [-0.4, -0.2) is 50.3 Å². The lowest BCUT2D eigenvalue weighted by Crippen LogP contribution is -2.35. The maximum atomic E-state index is 12.8. The monoisotopic (exact) mass is 380 g/mol. The number of aryl methyl sites for hydroxylation is 1. The normalized spacial score (nSPS) is 16.5. The largest absolute Gasteiger partial charge is 0.494 e. The van der Waals surface area contributed by atoms with E-state index in [4.69, 9.17) is 4.74 Å². The van der Waals surface area contributed by atoms with Crippen molar-refractivity contribution in [1.82, 2.24) is 24.7 Å². The van der Waals surface area contributed by atoms with Crippen LogP contribution in [0.3, 0.4) is 0 Å². The standard InChI is InChI=1S/C20H24N6O2/c1-3-28-16-8-6-15(7-9-16)17-5-4-12-25(17)20(27)13-21-18-10-11-19-23-22-14(2)26(19)24-18/h6-11,17H,3-5,12-13H2,1-2H3,(H,21,24). The number of anilines is 1. The summed E-state index contributed by atoms with van der Waals surface area (Å²) in [6, 6.07) is 11.8. The highest BCUT2D eigenvalue weighted by atomic mass is 16.5. The number of hydrogen-bond donors (Lipinski definition) is 1. The molecule has 1 atom stereocenters. The molecule has 0 aliphatic carbocycles. The Hall–Kier alpha value is -3.16. The summed E-state index contributed by atoms with van der Waals surface area (Å²) in [5, 5.41) is 15.6. The molecule has 1 aliphatic rings. The Kier molecular flexibility index (Phi) is 5.10. The van der Waals surface area contributed by atoms with Crippen LogP contribution in [0.5, 0.6) is 5.75 Å². The van der Waals surface area contributed by atoms with Crippen LogP contribution in [0, 0.1) is 6.92 Å². The first-order valence-electron chi connectivity index (χ1n) is 9.61. The Bertz CT molecular complexity index is 968. The van der Waals surface area contributed by atoms with Gasteiger partial charge in [-0.3, -0.25) is 4.79 Å². The van der Waals surface area contributed by atoms with Crippen LogP contribution in [0.25, 0.3) is 5.65 Å². The van der Waals surface area contributed by atoms with Crippen molar-refractivity contribution in [2.45, 2.75) is 32.7 Å². The van der Waals surface area contributed by atoms with Crippen molar-refractivity contribution in [3.63, 3.8) is 0 Å². The Morgan fingerprint density at radius 1 is 1.21 bits per heavy atom. The molecule has 1 N–H and O–H groups in total. The fourth-order valence-electron chi connectivity index (χ4n) is 3.62. The van der Waals surface area contributed by atoms with Gasteiger partial charge >= 0.3 is 0 Å². The number of rotatable bonds is 6. The molecule has 3 heterocycles. The van der Waals surface area contributed by atoms with Crippen LogP contribution < -0.4 is 10.1 Å². The minimum Gasteiger partial charge on any atom is -0.494 e. The van der Waals surface area contributed by atoms with Gasteiger partial charge in [0, 0.05) is 6.54 Å². The lowest BCUT2D eigenvalue weighted by molar-refractivity contribution is -0.130. The lowest BCUT2D eigenvalue weighted by Gasteiger charge is -2.25. The molecule has 8 heteroatoms. The van der Waals surface area contributed by atoms with Gasteiger partial charge < -0.3 is 15.0 Å². The fourth-order valence-corrected chi connectivity index (χ4v) is 3.62. The van der Waals surface area contributed by atoms with E-state index in [0.717, 1.165) is 30.7 Å². The molecule has 146 valence electrons. The van der Waals surface area contributed by atoms with Crippen LogP contribution in [0.1, 0.15) is 37.2 Å². The van der Waals surface area contributed by atoms with E-state index < -0.39 is 0 Å². The molecule has 1 aromatic carbocycles. The molecule has 1 saturated heterocycles. The van der Waals surface area contributed by atoms with Gasteiger partial charge in [0.2, 0.25) is 5.91 Å². The Morgan fingerprint density at radius 3 is 2.82 bits per heavy atom. The van der Waals surface area contributed by atoms with Crippen molar-refractivity contribution >= 4 is 17.4 Å². The van der Waals surface area contributed by atoms with E-state index in [1.54, 1.807) is 4.52 Å². The van der Waals surface area contributed by atoms with Gasteiger partial charge in [-0.1, -0.05) is 12.1 Å². The minimum absolute atomic E-state index is 0.0683. The molecule has 0 bridgehead atoms. The minimum atomic E-state index is 0.0683. The number of aromatic nitrogens is 4. The summed E-state index contributed by atoms with van der Waals surface area (Å²) in [7, 11) is 0. The van der Waals surface area contributed by atoms with Crippen molar-refractivity contribution in [1.29, 1.82) is 0 Å². The molecule has 8 nitrogen and oxygen atoms in total. The number of carbonyl (C=O) groups is 1. The fraction of sp³-hybridized carbons (Fsp3) is 0.400. The van der Waals surface area contributed by atoms with Crippen LogP contribution in [0.4, 0.5) is 5.82 Å². The van der Waals surface area contributed by atoms with E-state index in [0.29, 0.717) is 23.9 Å². The number of nitrogens with zero attached hydrogens (tertiary/aromatic N) is 5. The Morgan fingerprint density at radius 2 is 2.04 bits per heavy atom. The Balaban J connectivity index is 1.42. The molecule has 1 unspecified atom stereocenters. The molecule has 1 fully saturated rings. The van der Waals surface area contributed by atoms with E-state index >= 15 is 0 Å². The van der Waals surface area contributed by atoms with Gasteiger partial charge in [0.15, 0.2) is 11.5 Å². The second-order valence-electron chi connectivity index (χ2n) is 6.84. The van der Waals surface area contributed by atoms with Crippen molar-refractivity contribution in [2.75, 3.05) is 25.0 Å². The smallest absolute Gasteiger partial charge is 0.242 e. The van der Waals surface area contributed by atoms with Gasteiger partial charge in [-0.05, 0) is 56.5 Å². The maximum Gasteiger partial charge on any atom is 0.242 e. The first-order chi connectivity index (χ1) is 13.7. The molecule has 3 aromatic rings. The highest BCUT2D eigenvalue weighted by molar-refractivity contribution is 5.81. The molecule has 4 rings (SSSR count). The molecular weight excluding hydrogens is 356 g/mol. The SMILES string of the molecule is CCOc1ccc(C2CCCN2C(=O)CNc2ccc3nnc(C)n3n2)cc1. The molecular formula is C20H24N6O2. The third-order valence-electron chi connectivity index (χ3n) is 4.99. The zero-order valence-corrected chi connectivity index (χ0v) is 16.1. The summed E-state index contributed by atoms with van der Waals surface area (Å²) in [6.07, 6.45) is 1.98. The molecule has 28 heavy (non-hydrogen) atoms. The molecule has 1 amide bonds. The first kappa shape index (κ1) is 18.2. The van der Waals surface area contributed by atoms with Crippen molar-refractivity contribution in [3.05, 3.63) is 47.8 Å². The zero-order valence-electron chi connectivity index (χ0n) is 16.1. The maximum absolute atomic E-state index is 12.8. The van der Waals surface area contributed by atoms with Crippen molar-refractivity contribution in [2.24, 2.45) is 0 Å². The highest BCUT2D eigenvalue weighted by Crippen LogP contribution is 2.32.